The summed E-state index contributed by atoms with van der Waals surface area (Å²) in [5, 5.41) is 0. The van der Waals surface area contributed by atoms with Crippen LogP contribution in [-0.2, 0) is 9.59 Å². The lowest BCUT2D eigenvalue weighted by atomic mass is 10.0. The highest BCUT2D eigenvalue weighted by atomic mass is 35.5. The summed E-state index contributed by atoms with van der Waals surface area (Å²) in [6.45, 7) is 3.42. The summed E-state index contributed by atoms with van der Waals surface area (Å²) in [5.41, 5.74) is 2.12. The Morgan fingerprint density at radius 1 is 1.35 bits per heavy atom. The molecule has 2 fully saturated rings. The molecule has 6 heteroatoms. The lowest BCUT2D eigenvalue weighted by Crippen LogP contribution is -2.53. The fourth-order valence-corrected chi connectivity index (χ4v) is 4.90. The van der Waals surface area contributed by atoms with Gasteiger partial charge in [0.1, 0.15) is 0 Å². The van der Waals surface area contributed by atoms with E-state index in [9.17, 15) is 9.59 Å². The van der Waals surface area contributed by atoms with Gasteiger partial charge in [-0.15, -0.1) is 23.4 Å². The standard InChI is InChI=1S/C17H21ClN2O2S/c1-13-3-2-4-14(11-13)20-16(22)12-23-17(20)6-9-19(10-7-17)15(21)5-8-18/h2-4,11H,5-10,12H2,1H3. The predicted octanol–water partition coefficient (Wildman–Crippen LogP) is 3.02. The molecule has 0 radical (unpaired) electrons. The molecular weight excluding hydrogens is 332 g/mol. The molecule has 1 aromatic rings. The minimum atomic E-state index is -0.206. The largest absolute Gasteiger partial charge is 0.342 e. The zero-order valence-electron chi connectivity index (χ0n) is 13.3. The summed E-state index contributed by atoms with van der Waals surface area (Å²) < 4.78 is 0. The van der Waals surface area contributed by atoms with Gasteiger partial charge in [-0.2, -0.15) is 0 Å². The molecule has 1 aromatic carbocycles. The first-order valence-electron chi connectivity index (χ1n) is 7.93. The van der Waals surface area contributed by atoms with Gasteiger partial charge in [-0.1, -0.05) is 12.1 Å². The third-order valence-corrected chi connectivity index (χ3v) is 6.30. The van der Waals surface area contributed by atoms with Crippen LogP contribution in [0.15, 0.2) is 24.3 Å². The number of likely N-dealkylation sites (tertiary alicyclic amines) is 1. The SMILES string of the molecule is Cc1cccc(N2C(=O)CSC23CCN(C(=O)CCCl)CC3)c1. The van der Waals surface area contributed by atoms with Crippen molar-refractivity contribution in [2.24, 2.45) is 0 Å². The monoisotopic (exact) mass is 352 g/mol. The lowest BCUT2D eigenvalue weighted by Gasteiger charge is -2.44. The molecule has 2 saturated heterocycles. The number of aryl methyl sites for hydroxylation is 1. The van der Waals surface area contributed by atoms with Crippen LogP contribution in [0.5, 0.6) is 0 Å². The van der Waals surface area contributed by atoms with Gasteiger partial charge in [-0.25, -0.2) is 0 Å². The molecule has 0 N–H and O–H groups in total. The van der Waals surface area contributed by atoms with Crippen molar-refractivity contribution in [3.8, 4) is 0 Å². The smallest absolute Gasteiger partial charge is 0.238 e. The van der Waals surface area contributed by atoms with Crippen LogP contribution in [0.3, 0.4) is 0 Å². The molecule has 0 aliphatic carbocycles. The molecule has 2 heterocycles. The van der Waals surface area contributed by atoms with Crippen molar-refractivity contribution in [2.75, 3.05) is 29.6 Å². The maximum Gasteiger partial charge on any atom is 0.238 e. The summed E-state index contributed by atoms with van der Waals surface area (Å²) >= 11 is 7.39. The number of benzene rings is 1. The number of halogens is 1. The highest BCUT2D eigenvalue weighted by Gasteiger charge is 2.49. The highest BCUT2D eigenvalue weighted by molar-refractivity contribution is 8.02. The number of amides is 2. The number of alkyl halides is 1. The molecular formula is C17H21ClN2O2S. The third kappa shape index (κ3) is 3.22. The van der Waals surface area contributed by atoms with Crippen LogP contribution in [0.4, 0.5) is 5.69 Å². The van der Waals surface area contributed by atoms with Crippen LogP contribution in [-0.4, -0.2) is 46.3 Å². The van der Waals surface area contributed by atoms with Gasteiger partial charge in [0.15, 0.2) is 0 Å². The Hall–Kier alpha value is -1.20. The summed E-state index contributed by atoms with van der Waals surface area (Å²) in [6, 6.07) is 8.10. The maximum absolute atomic E-state index is 12.5. The quantitative estimate of drug-likeness (QED) is 0.785. The second-order valence-electron chi connectivity index (χ2n) is 6.12. The molecule has 0 bridgehead atoms. The molecule has 3 rings (SSSR count). The maximum atomic E-state index is 12.5. The summed E-state index contributed by atoms with van der Waals surface area (Å²) in [5.74, 6) is 1.17. The Kier molecular flexibility index (Phi) is 4.87. The average Bonchev–Trinajstić information content (AvgIpc) is 2.84. The average molecular weight is 353 g/mol. The molecule has 4 nitrogen and oxygen atoms in total. The molecule has 1 spiro atoms. The van der Waals surface area contributed by atoms with Gasteiger partial charge in [0.2, 0.25) is 11.8 Å². The minimum Gasteiger partial charge on any atom is -0.342 e. The summed E-state index contributed by atoms with van der Waals surface area (Å²) in [4.78, 5) is 28.1. The fraction of sp³-hybridized carbons (Fsp3) is 0.529. The fourth-order valence-electron chi connectivity index (χ4n) is 3.41. The Bertz CT molecular complexity index is 614. The Balaban J connectivity index is 1.79. The zero-order valence-corrected chi connectivity index (χ0v) is 14.8. The van der Waals surface area contributed by atoms with Crippen molar-refractivity contribution in [1.82, 2.24) is 4.90 Å². The van der Waals surface area contributed by atoms with Crippen LogP contribution in [0.2, 0.25) is 0 Å². The number of carbonyl (C=O) groups excluding carboxylic acids is 2. The number of nitrogens with zero attached hydrogens (tertiary/aromatic N) is 2. The van der Waals surface area contributed by atoms with E-state index in [0.29, 0.717) is 31.1 Å². The van der Waals surface area contributed by atoms with Gasteiger partial charge in [-0.3, -0.25) is 14.5 Å². The first-order chi connectivity index (χ1) is 11.1. The van der Waals surface area contributed by atoms with Gasteiger partial charge in [0, 0.05) is 31.1 Å². The zero-order chi connectivity index (χ0) is 16.4. The molecule has 2 aliphatic heterocycles. The van der Waals surface area contributed by atoms with Crippen molar-refractivity contribution in [3.05, 3.63) is 29.8 Å². The van der Waals surface area contributed by atoms with Crippen molar-refractivity contribution in [3.63, 3.8) is 0 Å². The van der Waals surface area contributed by atoms with Crippen molar-refractivity contribution in [1.29, 1.82) is 0 Å². The molecule has 2 amide bonds. The van der Waals surface area contributed by atoms with E-state index in [0.717, 1.165) is 24.1 Å². The van der Waals surface area contributed by atoms with Crippen LogP contribution < -0.4 is 4.90 Å². The lowest BCUT2D eigenvalue weighted by molar-refractivity contribution is -0.131. The van der Waals surface area contributed by atoms with E-state index in [1.165, 1.54) is 0 Å². The van der Waals surface area contributed by atoms with Gasteiger partial charge in [0.05, 0.1) is 10.6 Å². The second-order valence-corrected chi connectivity index (χ2v) is 7.84. The Morgan fingerprint density at radius 3 is 2.74 bits per heavy atom. The van der Waals surface area contributed by atoms with Crippen molar-refractivity contribution >= 4 is 40.9 Å². The van der Waals surface area contributed by atoms with Gasteiger partial charge in [0.25, 0.3) is 0 Å². The van der Waals surface area contributed by atoms with E-state index in [1.54, 1.807) is 11.8 Å². The number of hydrogen-bond donors (Lipinski definition) is 0. The molecule has 0 unspecified atom stereocenters. The molecule has 0 aromatic heterocycles. The molecule has 23 heavy (non-hydrogen) atoms. The van der Waals surface area contributed by atoms with Gasteiger partial charge >= 0.3 is 0 Å². The second kappa shape index (κ2) is 6.73. The predicted molar refractivity (Wildman–Crippen MR) is 95.0 cm³/mol. The van der Waals surface area contributed by atoms with Gasteiger partial charge in [-0.05, 0) is 37.5 Å². The highest BCUT2D eigenvalue weighted by Crippen LogP contribution is 2.46. The number of piperidine rings is 1. The number of hydrogen-bond acceptors (Lipinski definition) is 3. The topological polar surface area (TPSA) is 40.6 Å². The number of thioether (sulfide) groups is 1. The number of anilines is 1. The van der Waals surface area contributed by atoms with Crippen LogP contribution in [0, 0.1) is 6.92 Å². The van der Waals surface area contributed by atoms with E-state index < -0.39 is 0 Å². The van der Waals surface area contributed by atoms with E-state index in [4.69, 9.17) is 11.6 Å². The first-order valence-corrected chi connectivity index (χ1v) is 9.45. The minimum absolute atomic E-state index is 0.117. The third-order valence-electron chi connectivity index (χ3n) is 4.59. The van der Waals surface area contributed by atoms with E-state index in [2.05, 4.69) is 6.07 Å². The van der Waals surface area contributed by atoms with Crippen molar-refractivity contribution in [2.45, 2.75) is 31.1 Å². The van der Waals surface area contributed by atoms with Crippen LogP contribution in [0.1, 0.15) is 24.8 Å². The molecule has 0 atom stereocenters. The van der Waals surface area contributed by atoms with E-state index in [-0.39, 0.29) is 16.7 Å². The summed E-state index contributed by atoms with van der Waals surface area (Å²) in [6.07, 6.45) is 2.01. The number of carbonyl (C=O) groups is 2. The van der Waals surface area contributed by atoms with Crippen molar-refractivity contribution < 1.29 is 9.59 Å². The number of rotatable bonds is 3. The Morgan fingerprint density at radius 2 is 2.09 bits per heavy atom. The Labute approximate surface area is 146 Å². The molecule has 2 aliphatic rings. The van der Waals surface area contributed by atoms with E-state index in [1.807, 2.05) is 34.9 Å². The van der Waals surface area contributed by atoms with E-state index >= 15 is 0 Å². The molecule has 124 valence electrons. The summed E-state index contributed by atoms with van der Waals surface area (Å²) in [7, 11) is 0. The first kappa shape index (κ1) is 16.7. The van der Waals surface area contributed by atoms with Gasteiger partial charge < -0.3 is 4.90 Å². The normalized spacial score (nSPS) is 20.3. The van der Waals surface area contributed by atoms with Crippen LogP contribution >= 0.6 is 23.4 Å². The molecule has 0 saturated carbocycles. The van der Waals surface area contributed by atoms with Crippen LogP contribution in [0.25, 0.3) is 0 Å².